The molecular formula is C16H34. The van der Waals surface area contributed by atoms with E-state index >= 15 is 0 Å². The highest BCUT2D eigenvalue weighted by Gasteiger charge is 2.39. The molecule has 2 aliphatic rings. The molecule has 0 amide bonds. The van der Waals surface area contributed by atoms with Crippen LogP contribution in [-0.2, 0) is 0 Å². The van der Waals surface area contributed by atoms with E-state index in [1.54, 1.807) is 12.8 Å². The molecule has 1 unspecified atom stereocenters. The summed E-state index contributed by atoms with van der Waals surface area (Å²) in [7, 11) is 0. The van der Waals surface area contributed by atoms with Gasteiger partial charge in [0.1, 0.15) is 0 Å². The average Bonchev–Trinajstić information content (AvgIpc) is 3.05. The predicted molar refractivity (Wildman–Crippen MR) is 75.7 cm³/mol. The molecule has 0 aromatic carbocycles. The summed E-state index contributed by atoms with van der Waals surface area (Å²) in [4.78, 5) is 0. The maximum atomic E-state index is 2.40. The lowest BCUT2D eigenvalue weighted by Crippen LogP contribution is -2.29. The Labute approximate surface area is 104 Å². The Hall–Kier alpha value is 0. The van der Waals surface area contributed by atoms with E-state index in [1.807, 2.05) is 13.8 Å². The molecule has 2 fully saturated rings. The minimum atomic E-state index is 1.05. The summed E-state index contributed by atoms with van der Waals surface area (Å²) in [5, 5.41) is 0. The Kier molecular flexibility index (Phi) is 9.07. The molecule has 2 saturated carbocycles. The lowest BCUT2D eigenvalue weighted by molar-refractivity contribution is 0.118. The molecule has 0 N–H and O–H groups in total. The van der Waals surface area contributed by atoms with Crippen molar-refractivity contribution in [2.24, 2.45) is 23.7 Å². The molecule has 0 heterocycles. The van der Waals surface area contributed by atoms with Crippen molar-refractivity contribution in [2.45, 2.75) is 80.1 Å². The molecule has 2 aliphatic carbocycles. The van der Waals surface area contributed by atoms with Gasteiger partial charge in [-0.1, -0.05) is 54.4 Å². The zero-order valence-electron chi connectivity index (χ0n) is 12.6. The second-order valence-electron chi connectivity index (χ2n) is 5.45. The quantitative estimate of drug-likeness (QED) is 0.561. The molecule has 0 bridgehead atoms. The van der Waals surface area contributed by atoms with Crippen LogP contribution < -0.4 is 0 Å². The molecular weight excluding hydrogens is 192 g/mol. The van der Waals surface area contributed by atoms with Gasteiger partial charge in [0.25, 0.3) is 0 Å². The number of hydrogen-bond donors (Lipinski definition) is 0. The van der Waals surface area contributed by atoms with Crippen LogP contribution in [0, 0.1) is 23.7 Å². The summed E-state index contributed by atoms with van der Waals surface area (Å²) < 4.78 is 0. The normalized spacial score (nSPS) is 28.9. The van der Waals surface area contributed by atoms with Gasteiger partial charge < -0.3 is 0 Å². The minimum Gasteiger partial charge on any atom is -0.0683 e. The van der Waals surface area contributed by atoms with Gasteiger partial charge in [0.05, 0.1) is 0 Å². The van der Waals surface area contributed by atoms with Gasteiger partial charge in [-0.2, -0.15) is 0 Å². The van der Waals surface area contributed by atoms with Gasteiger partial charge in [0, 0.05) is 0 Å². The molecule has 2 rings (SSSR count). The van der Waals surface area contributed by atoms with E-state index in [0.29, 0.717) is 0 Å². The third-order valence-corrected chi connectivity index (χ3v) is 3.71. The lowest BCUT2D eigenvalue weighted by atomic mass is 9.67. The van der Waals surface area contributed by atoms with Crippen LogP contribution in [0.4, 0.5) is 0 Å². The molecule has 0 aromatic heterocycles. The summed E-state index contributed by atoms with van der Waals surface area (Å²) in [6.45, 7) is 13.0. The van der Waals surface area contributed by atoms with Crippen molar-refractivity contribution in [3.05, 3.63) is 0 Å². The van der Waals surface area contributed by atoms with Crippen LogP contribution in [0.15, 0.2) is 0 Å². The van der Waals surface area contributed by atoms with Crippen LogP contribution in [-0.4, -0.2) is 0 Å². The van der Waals surface area contributed by atoms with Gasteiger partial charge in [-0.15, -0.1) is 0 Å². The second kappa shape index (κ2) is 9.07. The standard InChI is InChI=1S/C11H20.C3H8.C2H6/c1-3-11(9-4-5-9)10-6-8(2)7-10;1-3-2;1-2/h8-11H,3-7H2,1-2H3;3H2,1-2H3;1-2H3. The SMILES string of the molecule is CC.CCC.CCC(C1CC1)C1CC(C)C1. The largest absolute Gasteiger partial charge is 0.0683 e. The Bertz CT molecular complexity index is 140. The maximum Gasteiger partial charge on any atom is -0.0360 e. The molecule has 0 aromatic rings. The van der Waals surface area contributed by atoms with Gasteiger partial charge in [-0.25, -0.2) is 0 Å². The van der Waals surface area contributed by atoms with E-state index in [4.69, 9.17) is 0 Å². The van der Waals surface area contributed by atoms with Crippen LogP contribution >= 0.6 is 0 Å². The first-order valence-corrected chi connectivity index (χ1v) is 7.72. The first kappa shape index (κ1) is 16.0. The van der Waals surface area contributed by atoms with E-state index in [1.165, 1.54) is 25.7 Å². The highest BCUT2D eigenvalue weighted by atomic mass is 14.4. The minimum absolute atomic E-state index is 1.05. The molecule has 0 saturated heterocycles. The van der Waals surface area contributed by atoms with Crippen molar-refractivity contribution in [3.63, 3.8) is 0 Å². The monoisotopic (exact) mass is 226 g/mol. The van der Waals surface area contributed by atoms with Crippen LogP contribution in [0.3, 0.4) is 0 Å². The van der Waals surface area contributed by atoms with Crippen molar-refractivity contribution in [1.82, 2.24) is 0 Å². The highest BCUT2D eigenvalue weighted by molar-refractivity contribution is 4.90. The molecule has 0 heteroatoms. The summed E-state index contributed by atoms with van der Waals surface area (Å²) >= 11 is 0. The third-order valence-electron chi connectivity index (χ3n) is 3.71. The van der Waals surface area contributed by atoms with Crippen molar-refractivity contribution in [2.75, 3.05) is 0 Å². The molecule has 0 radical (unpaired) electrons. The molecule has 98 valence electrons. The van der Waals surface area contributed by atoms with E-state index in [2.05, 4.69) is 27.7 Å². The predicted octanol–water partition coefficient (Wildman–Crippen LogP) is 5.91. The fraction of sp³-hybridized carbons (Fsp3) is 1.00. The number of rotatable bonds is 3. The average molecular weight is 226 g/mol. The maximum absolute atomic E-state index is 2.40. The fourth-order valence-corrected chi connectivity index (χ4v) is 2.89. The van der Waals surface area contributed by atoms with E-state index in [9.17, 15) is 0 Å². The van der Waals surface area contributed by atoms with E-state index < -0.39 is 0 Å². The smallest absolute Gasteiger partial charge is 0.0360 e. The molecule has 1 atom stereocenters. The summed E-state index contributed by atoms with van der Waals surface area (Å²) in [6, 6.07) is 0. The first-order chi connectivity index (χ1) is 7.72. The Morgan fingerprint density at radius 1 is 0.938 bits per heavy atom. The molecule has 0 spiro atoms. The topological polar surface area (TPSA) is 0 Å². The Balaban J connectivity index is 0.000000394. The first-order valence-electron chi connectivity index (χ1n) is 7.72. The van der Waals surface area contributed by atoms with Crippen LogP contribution in [0.1, 0.15) is 80.1 Å². The molecule has 16 heavy (non-hydrogen) atoms. The molecule has 0 nitrogen and oxygen atoms in total. The van der Waals surface area contributed by atoms with Gasteiger partial charge in [-0.3, -0.25) is 0 Å². The third kappa shape index (κ3) is 5.37. The van der Waals surface area contributed by atoms with Crippen LogP contribution in [0.2, 0.25) is 0 Å². The molecule has 0 aliphatic heterocycles. The van der Waals surface area contributed by atoms with Crippen molar-refractivity contribution in [3.8, 4) is 0 Å². The van der Waals surface area contributed by atoms with Crippen LogP contribution in [0.25, 0.3) is 0 Å². The van der Waals surface area contributed by atoms with Crippen LogP contribution in [0.5, 0.6) is 0 Å². The zero-order chi connectivity index (χ0) is 12.6. The summed E-state index contributed by atoms with van der Waals surface area (Å²) in [5.74, 6) is 4.44. The van der Waals surface area contributed by atoms with E-state index in [-0.39, 0.29) is 0 Å². The van der Waals surface area contributed by atoms with Crippen molar-refractivity contribution < 1.29 is 0 Å². The van der Waals surface area contributed by atoms with Gasteiger partial charge in [0.15, 0.2) is 0 Å². The summed E-state index contributed by atoms with van der Waals surface area (Å²) in [5.41, 5.74) is 0. The van der Waals surface area contributed by atoms with Gasteiger partial charge >= 0.3 is 0 Å². The Morgan fingerprint density at radius 3 is 1.62 bits per heavy atom. The zero-order valence-corrected chi connectivity index (χ0v) is 12.6. The Morgan fingerprint density at radius 2 is 1.38 bits per heavy atom. The second-order valence-corrected chi connectivity index (χ2v) is 5.45. The van der Waals surface area contributed by atoms with Crippen molar-refractivity contribution >= 4 is 0 Å². The summed E-state index contributed by atoms with van der Waals surface area (Å²) in [6.07, 6.45) is 8.86. The van der Waals surface area contributed by atoms with Crippen molar-refractivity contribution in [1.29, 1.82) is 0 Å². The van der Waals surface area contributed by atoms with Gasteiger partial charge in [0.2, 0.25) is 0 Å². The highest BCUT2D eigenvalue weighted by Crippen LogP contribution is 2.49. The fourth-order valence-electron chi connectivity index (χ4n) is 2.89. The lowest BCUT2D eigenvalue weighted by Gasteiger charge is -2.38. The van der Waals surface area contributed by atoms with E-state index in [0.717, 1.165) is 23.7 Å². The number of hydrogen-bond acceptors (Lipinski definition) is 0. The van der Waals surface area contributed by atoms with Gasteiger partial charge in [-0.05, 0) is 49.4 Å².